The molecule has 7 nitrogen and oxygen atoms in total. The average molecular weight is 352 g/mol. The second kappa shape index (κ2) is 6.44. The molecule has 0 bridgehead atoms. The Morgan fingerprint density at radius 2 is 1.96 bits per heavy atom. The molecule has 0 saturated heterocycles. The second-order valence-corrected chi connectivity index (χ2v) is 5.90. The maximum absolute atomic E-state index is 12.1. The lowest BCUT2D eigenvalue weighted by atomic mass is 10.2. The van der Waals surface area contributed by atoms with E-state index in [4.69, 9.17) is 14.2 Å². The Kier molecular flexibility index (Phi) is 3.96. The first-order valence-corrected chi connectivity index (χ1v) is 8.09. The molecule has 4 rings (SSSR count). The Hall–Kier alpha value is -3.48. The minimum atomic E-state index is -0.535. The minimum absolute atomic E-state index is 0.209. The lowest BCUT2D eigenvalue weighted by Crippen LogP contribution is -2.34. The van der Waals surface area contributed by atoms with Gasteiger partial charge in [0.25, 0.3) is 5.91 Å². The first-order chi connectivity index (χ1) is 12.6. The van der Waals surface area contributed by atoms with Gasteiger partial charge in [0.1, 0.15) is 5.75 Å². The molecule has 0 aromatic heterocycles. The quantitative estimate of drug-likeness (QED) is 0.830. The molecule has 2 aromatic rings. The number of amides is 2. The third kappa shape index (κ3) is 3.19. The number of carbonyl (C=O) groups excluding carboxylic acids is 2. The number of benzene rings is 2. The Morgan fingerprint density at radius 3 is 2.85 bits per heavy atom. The molecule has 0 spiro atoms. The molecule has 0 radical (unpaired) electrons. The smallest absolute Gasteiger partial charge is 0.265 e. The van der Waals surface area contributed by atoms with E-state index >= 15 is 0 Å². The van der Waals surface area contributed by atoms with Crippen molar-refractivity contribution in [2.75, 3.05) is 17.4 Å². The summed E-state index contributed by atoms with van der Waals surface area (Å²) in [5.74, 6) is 1.42. The molecule has 0 saturated carbocycles. The van der Waals surface area contributed by atoms with Crippen molar-refractivity contribution in [2.24, 2.45) is 0 Å². The Morgan fingerprint density at radius 1 is 1.15 bits per heavy atom. The molecule has 2 aliphatic rings. The van der Waals surface area contributed by atoms with Crippen molar-refractivity contribution >= 4 is 29.3 Å². The van der Waals surface area contributed by atoms with E-state index in [9.17, 15) is 9.59 Å². The van der Waals surface area contributed by atoms with Crippen LogP contribution < -0.4 is 24.8 Å². The zero-order chi connectivity index (χ0) is 18.1. The first-order valence-electron chi connectivity index (χ1n) is 8.09. The molecule has 2 amide bonds. The monoisotopic (exact) mass is 352 g/mol. The summed E-state index contributed by atoms with van der Waals surface area (Å²) in [5.41, 5.74) is 1.91. The van der Waals surface area contributed by atoms with Crippen LogP contribution in [0.5, 0.6) is 17.2 Å². The van der Waals surface area contributed by atoms with Gasteiger partial charge in [-0.1, -0.05) is 6.07 Å². The minimum Gasteiger partial charge on any atom is -0.479 e. The molecule has 2 aliphatic heterocycles. The summed E-state index contributed by atoms with van der Waals surface area (Å²) in [6.45, 7) is 1.88. The van der Waals surface area contributed by atoms with Crippen molar-refractivity contribution in [1.29, 1.82) is 0 Å². The average Bonchev–Trinajstić information content (AvgIpc) is 3.09. The van der Waals surface area contributed by atoms with Gasteiger partial charge in [0, 0.05) is 11.8 Å². The normalized spacial score (nSPS) is 17.4. The fourth-order valence-electron chi connectivity index (χ4n) is 2.66. The molecule has 1 unspecified atom stereocenters. The second-order valence-electron chi connectivity index (χ2n) is 5.90. The molecule has 26 heavy (non-hydrogen) atoms. The number of hydrogen-bond acceptors (Lipinski definition) is 5. The summed E-state index contributed by atoms with van der Waals surface area (Å²) in [5, 5.41) is 5.50. The van der Waals surface area contributed by atoms with Crippen LogP contribution in [0.2, 0.25) is 0 Å². The van der Waals surface area contributed by atoms with Gasteiger partial charge in [-0.15, -0.1) is 0 Å². The lowest BCUT2D eigenvalue weighted by molar-refractivity contribution is -0.122. The number of rotatable bonds is 3. The molecule has 2 N–H and O–H groups in total. The van der Waals surface area contributed by atoms with Crippen LogP contribution in [0, 0.1) is 0 Å². The van der Waals surface area contributed by atoms with E-state index in [1.54, 1.807) is 43.3 Å². The summed E-state index contributed by atoms with van der Waals surface area (Å²) in [4.78, 5) is 23.8. The van der Waals surface area contributed by atoms with Crippen molar-refractivity contribution < 1.29 is 23.8 Å². The number of nitrogens with one attached hydrogen (secondary N) is 2. The standard InChI is InChI=1S/C19H16N2O5/c1-11-19(23)21-14-9-13(4-6-15(14)26-11)20-18(22)7-3-12-2-5-16-17(8-12)25-10-24-16/h2-9,11H,10H2,1H3,(H,20,22)(H,21,23)/b7-3+. The van der Waals surface area contributed by atoms with Crippen LogP contribution in [0.25, 0.3) is 6.08 Å². The van der Waals surface area contributed by atoms with Crippen LogP contribution in [0.3, 0.4) is 0 Å². The summed E-state index contributed by atoms with van der Waals surface area (Å²) in [6.07, 6.45) is 2.57. The van der Waals surface area contributed by atoms with Gasteiger partial charge >= 0.3 is 0 Å². The molecule has 2 heterocycles. The predicted molar refractivity (Wildman–Crippen MR) is 95.4 cm³/mol. The van der Waals surface area contributed by atoms with Crippen molar-refractivity contribution in [3.63, 3.8) is 0 Å². The van der Waals surface area contributed by atoms with E-state index in [0.717, 1.165) is 5.56 Å². The number of anilines is 2. The maximum atomic E-state index is 12.1. The Labute approximate surface area is 149 Å². The molecule has 2 aromatic carbocycles. The van der Waals surface area contributed by atoms with Crippen molar-refractivity contribution in [2.45, 2.75) is 13.0 Å². The topological polar surface area (TPSA) is 85.9 Å². The molecule has 0 aliphatic carbocycles. The van der Waals surface area contributed by atoms with Gasteiger partial charge < -0.3 is 24.8 Å². The van der Waals surface area contributed by atoms with Crippen molar-refractivity contribution in [1.82, 2.24) is 0 Å². The summed E-state index contributed by atoms with van der Waals surface area (Å²) < 4.78 is 16.0. The fraction of sp³-hybridized carbons (Fsp3) is 0.158. The highest BCUT2D eigenvalue weighted by Crippen LogP contribution is 2.33. The molecule has 1 atom stereocenters. The highest BCUT2D eigenvalue weighted by molar-refractivity contribution is 6.03. The molecule has 132 valence electrons. The van der Waals surface area contributed by atoms with E-state index in [1.807, 2.05) is 6.07 Å². The van der Waals surface area contributed by atoms with Crippen LogP contribution in [0.1, 0.15) is 12.5 Å². The van der Waals surface area contributed by atoms with Gasteiger partial charge in [-0.05, 0) is 48.9 Å². The molecular formula is C19H16N2O5. The maximum Gasteiger partial charge on any atom is 0.265 e. The van der Waals surface area contributed by atoms with Crippen LogP contribution in [-0.4, -0.2) is 24.7 Å². The van der Waals surface area contributed by atoms with Crippen molar-refractivity contribution in [3.8, 4) is 17.2 Å². The van der Waals surface area contributed by atoms with Gasteiger partial charge in [0.05, 0.1) is 5.69 Å². The summed E-state index contributed by atoms with van der Waals surface area (Å²) in [6, 6.07) is 10.5. The van der Waals surface area contributed by atoms with Gasteiger partial charge in [-0.2, -0.15) is 0 Å². The van der Waals surface area contributed by atoms with Gasteiger partial charge in [0.15, 0.2) is 17.6 Å². The zero-order valence-corrected chi connectivity index (χ0v) is 13.9. The van der Waals surface area contributed by atoms with Crippen LogP contribution >= 0.6 is 0 Å². The largest absolute Gasteiger partial charge is 0.479 e. The highest BCUT2D eigenvalue weighted by atomic mass is 16.7. The number of carbonyl (C=O) groups is 2. The first kappa shape index (κ1) is 16.0. The Balaban J connectivity index is 1.43. The van der Waals surface area contributed by atoms with Crippen LogP contribution in [0.15, 0.2) is 42.5 Å². The SMILES string of the molecule is CC1Oc2ccc(NC(=O)/C=C/c3ccc4c(c3)OCO4)cc2NC1=O. The van der Waals surface area contributed by atoms with Gasteiger partial charge in [-0.3, -0.25) is 9.59 Å². The summed E-state index contributed by atoms with van der Waals surface area (Å²) >= 11 is 0. The van der Waals surface area contributed by atoms with Gasteiger partial charge in [0.2, 0.25) is 12.7 Å². The van der Waals surface area contributed by atoms with E-state index in [2.05, 4.69) is 10.6 Å². The lowest BCUT2D eigenvalue weighted by Gasteiger charge is -2.23. The van der Waals surface area contributed by atoms with E-state index in [0.29, 0.717) is 28.6 Å². The van der Waals surface area contributed by atoms with Crippen LogP contribution in [-0.2, 0) is 9.59 Å². The third-order valence-corrected chi connectivity index (χ3v) is 4.00. The van der Waals surface area contributed by atoms with E-state index < -0.39 is 6.10 Å². The van der Waals surface area contributed by atoms with Crippen molar-refractivity contribution in [3.05, 3.63) is 48.0 Å². The van der Waals surface area contributed by atoms with E-state index in [1.165, 1.54) is 6.08 Å². The molecular weight excluding hydrogens is 336 g/mol. The number of ether oxygens (including phenoxy) is 3. The van der Waals surface area contributed by atoms with Crippen LogP contribution in [0.4, 0.5) is 11.4 Å². The zero-order valence-electron chi connectivity index (χ0n) is 13.9. The van der Waals surface area contributed by atoms with Gasteiger partial charge in [-0.25, -0.2) is 0 Å². The van der Waals surface area contributed by atoms with E-state index in [-0.39, 0.29) is 18.6 Å². The highest BCUT2D eigenvalue weighted by Gasteiger charge is 2.23. The third-order valence-electron chi connectivity index (χ3n) is 4.00. The Bertz CT molecular complexity index is 922. The molecule has 0 fully saturated rings. The predicted octanol–water partition coefficient (Wildman–Crippen LogP) is 2.79. The number of fused-ring (bicyclic) bond motifs is 2. The number of hydrogen-bond donors (Lipinski definition) is 2. The fourth-order valence-corrected chi connectivity index (χ4v) is 2.66. The summed E-state index contributed by atoms with van der Waals surface area (Å²) in [7, 11) is 0. The molecule has 7 heteroatoms.